The quantitative estimate of drug-likeness (QED) is 0.815. The zero-order valence-electron chi connectivity index (χ0n) is 11.1. The molecule has 0 spiro atoms. The predicted octanol–water partition coefficient (Wildman–Crippen LogP) is 1.77. The Morgan fingerprint density at radius 3 is 2.65 bits per heavy atom. The molecule has 1 amide bonds. The Kier molecular flexibility index (Phi) is 4.60. The van der Waals surface area contributed by atoms with Gasteiger partial charge < -0.3 is 10.6 Å². The summed E-state index contributed by atoms with van der Waals surface area (Å²) < 4.78 is 13.4. The Balaban J connectivity index is 1.77. The first-order chi connectivity index (χ1) is 9.66. The third-order valence-corrected chi connectivity index (χ3v) is 2.63. The maximum absolute atomic E-state index is 13.4. The molecule has 20 heavy (non-hydrogen) atoms. The van der Waals surface area contributed by atoms with Crippen LogP contribution in [0.2, 0.25) is 0 Å². The van der Waals surface area contributed by atoms with Crippen molar-refractivity contribution in [1.29, 1.82) is 0 Å². The summed E-state index contributed by atoms with van der Waals surface area (Å²) in [6.45, 7) is 2.70. The number of benzene rings is 1. The van der Waals surface area contributed by atoms with Gasteiger partial charge in [0.05, 0.1) is 11.3 Å². The fourth-order valence-corrected chi connectivity index (χ4v) is 1.60. The molecule has 0 radical (unpaired) electrons. The Morgan fingerprint density at radius 2 is 1.95 bits per heavy atom. The summed E-state index contributed by atoms with van der Waals surface area (Å²) in [4.78, 5) is 11.7. The third kappa shape index (κ3) is 3.74. The summed E-state index contributed by atoms with van der Waals surface area (Å²) in [6.07, 6.45) is 0. The lowest BCUT2D eigenvalue weighted by atomic mass is 10.2. The van der Waals surface area contributed by atoms with Gasteiger partial charge >= 0.3 is 0 Å². The fraction of sp³-hybridized carbons (Fsp3) is 0.214. The van der Waals surface area contributed by atoms with E-state index in [1.165, 1.54) is 12.1 Å². The van der Waals surface area contributed by atoms with Crippen LogP contribution < -0.4 is 10.6 Å². The lowest BCUT2D eigenvalue weighted by molar-refractivity contribution is 0.0951. The Bertz CT molecular complexity index is 586. The van der Waals surface area contributed by atoms with Gasteiger partial charge in [0.2, 0.25) is 0 Å². The van der Waals surface area contributed by atoms with E-state index in [4.69, 9.17) is 0 Å². The van der Waals surface area contributed by atoms with E-state index in [9.17, 15) is 9.18 Å². The molecule has 0 saturated heterocycles. The number of hydrogen-bond donors (Lipinski definition) is 2. The predicted molar refractivity (Wildman–Crippen MR) is 74.0 cm³/mol. The smallest absolute Gasteiger partial charge is 0.254 e. The molecule has 0 aliphatic rings. The van der Waals surface area contributed by atoms with Crippen molar-refractivity contribution in [2.75, 3.05) is 18.4 Å². The second kappa shape index (κ2) is 6.60. The SMILES string of the molecule is Cc1ccc(NCCNC(=O)c2ccccc2F)nn1. The lowest BCUT2D eigenvalue weighted by Crippen LogP contribution is -2.29. The monoisotopic (exact) mass is 274 g/mol. The topological polar surface area (TPSA) is 66.9 Å². The van der Waals surface area contributed by atoms with Crippen LogP contribution in [0.25, 0.3) is 0 Å². The summed E-state index contributed by atoms with van der Waals surface area (Å²) in [5.74, 6) is -0.321. The number of aryl methyl sites for hydroxylation is 1. The number of anilines is 1. The highest BCUT2D eigenvalue weighted by Crippen LogP contribution is 2.05. The van der Waals surface area contributed by atoms with E-state index < -0.39 is 11.7 Å². The molecule has 0 bridgehead atoms. The van der Waals surface area contributed by atoms with E-state index in [1.807, 2.05) is 13.0 Å². The molecule has 0 unspecified atom stereocenters. The van der Waals surface area contributed by atoms with Crippen molar-refractivity contribution in [3.8, 4) is 0 Å². The van der Waals surface area contributed by atoms with Gasteiger partial charge in [-0.2, -0.15) is 5.10 Å². The van der Waals surface area contributed by atoms with Crippen LogP contribution >= 0.6 is 0 Å². The second-order valence-electron chi connectivity index (χ2n) is 4.22. The van der Waals surface area contributed by atoms with Crippen LogP contribution in [0.3, 0.4) is 0 Å². The lowest BCUT2D eigenvalue weighted by Gasteiger charge is -2.07. The van der Waals surface area contributed by atoms with Crippen molar-refractivity contribution in [3.05, 3.63) is 53.5 Å². The molecule has 5 nitrogen and oxygen atoms in total. The minimum absolute atomic E-state index is 0.0441. The van der Waals surface area contributed by atoms with Crippen molar-refractivity contribution < 1.29 is 9.18 Å². The molecule has 2 N–H and O–H groups in total. The zero-order valence-corrected chi connectivity index (χ0v) is 11.1. The van der Waals surface area contributed by atoms with E-state index in [-0.39, 0.29) is 5.56 Å². The first-order valence-electron chi connectivity index (χ1n) is 6.24. The first kappa shape index (κ1) is 13.9. The van der Waals surface area contributed by atoms with Gasteiger partial charge in [0, 0.05) is 13.1 Å². The maximum Gasteiger partial charge on any atom is 0.254 e. The number of amides is 1. The van der Waals surface area contributed by atoms with Crippen molar-refractivity contribution in [1.82, 2.24) is 15.5 Å². The average molecular weight is 274 g/mol. The molecule has 0 atom stereocenters. The van der Waals surface area contributed by atoms with Crippen molar-refractivity contribution in [2.45, 2.75) is 6.92 Å². The first-order valence-corrected chi connectivity index (χ1v) is 6.24. The number of halogens is 1. The van der Waals surface area contributed by atoms with Crippen LogP contribution in [0, 0.1) is 12.7 Å². The van der Waals surface area contributed by atoms with Gasteiger partial charge in [0.25, 0.3) is 5.91 Å². The molecule has 0 fully saturated rings. The second-order valence-corrected chi connectivity index (χ2v) is 4.22. The Hall–Kier alpha value is -2.50. The van der Waals surface area contributed by atoms with Crippen LogP contribution in [0.5, 0.6) is 0 Å². The van der Waals surface area contributed by atoms with Gasteiger partial charge in [-0.05, 0) is 31.2 Å². The summed E-state index contributed by atoms with van der Waals surface area (Å²) in [5.41, 5.74) is 0.881. The summed E-state index contributed by atoms with van der Waals surface area (Å²) in [7, 11) is 0. The third-order valence-electron chi connectivity index (χ3n) is 2.63. The number of nitrogens with one attached hydrogen (secondary N) is 2. The van der Waals surface area contributed by atoms with E-state index in [1.54, 1.807) is 18.2 Å². The summed E-state index contributed by atoms with van der Waals surface area (Å²) >= 11 is 0. The Morgan fingerprint density at radius 1 is 1.15 bits per heavy atom. The number of rotatable bonds is 5. The van der Waals surface area contributed by atoms with Gasteiger partial charge in [-0.25, -0.2) is 4.39 Å². The van der Waals surface area contributed by atoms with Crippen LogP contribution in [-0.4, -0.2) is 29.2 Å². The van der Waals surface area contributed by atoms with E-state index in [2.05, 4.69) is 20.8 Å². The van der Waals surface area contributed by atoms with Crippen molar-refractivity contribution >= 4 is 11.7 Å². The minimum atomic E-state index is -0.526. The molecule has 1 aromatic heterocycles. The van der Waals surface area contributed by atoms with Crippen LogP contribution in [0.1, 0.15) is 16.1 Å². The molecule has 0 saturated carbocycles. The van der Waals surface area contributed by atoms with Gasteiger partial charge in [-0.3, -0.25) is 4.79 Å². The molecule has 2 aromatic rings. The van der Waals surface area contributed by atoms with Crippen molar-refractivity contribution in [3.63, 3.8) is 0 Å². The van der Waals surface area contributed by atoms with Crippen LogP contribution in [0.4, 0.5) is 10.2 Å². The molecule has 6 heteroatoms. The van der Waals surface area contributed by atoms with Gasteiger partial charge in [-0.15, -0.1) is 5.10 Å². The molecule has 1 aromatic carbocycles. The number of carbonyl (C=O) groups is 1. The standard InChI is InChI=1S/C14H15FN4O/c1-10-6-7-13(19-18-10)16-8-9-17-14(20)11-4-2-3-5-12(11)15/h2-7H,8-9H2,1H3,(H,16,19)(H,17,20). The highest BCUT2D eigenvalue weighted by Gasteiger charge is 2.09. The largest absolute Gasteiger partial charge is 0.367 e. The fourth-order valence-electron chi connectivity index (χ4n) is 1.60. The van der Waals surface area contributed by atoms with Gasteiger partial charge in [0.1, 0.15) is 11.6 Å². The number of carbonyl (C=O) groups excluding carboxylic acids is 1. The summed E-state index contributed by atoms with van der Waals surface area (Å²) in [5, 5.41) is 13.5. The zero-order chi connectivity index (χ0) is 14.4. The van der Waals surface area contributed by atoms with E-state index >= 15 is 0 Å². The van der Waals surface area contributed by atoms with Crippen LogP contribution in [0.15, 0.2) is 36.4 Å². The van der Waals surface area contributed by atoms with E-state index in [0.29, 0.717) is 18.9 Å². The number of nitrogens with zero attached hydrogens (tertiary/aromatic N) is 2. The summed E-state index contributed by atoms with van der Waals surface area (Å²) in [6, 6.07) is 9.52. The molecule has 0 aliphatic heterocycles. The Labute approximate surface area is 116 Å². The van der Waals surface area contributed by atoms with Gasteiger partial charge in [-0.1, -0.05) is 12.1 Å². The van der Waals surface area contributed by atoms with Gasteiger partial charge in [0.15, 0.2) is 0 Å². The average Bonchev–Trinajstić information content (AvgIpc) is 2.46. The van der Waals surface area contributed by atoms with E-state index in [0.717, 1.165) is 5.69 Å². The highest BCUT2D eigenvalue weighted by molar-refractivity contribution is 5.94. The molecule has 2 rings (SSSR count). The highest BCUT2D eigenvalue weighted by atomic mass is 19.1. The molecule has 104 valence electrons. The van der Waals surface area contributed by atoms with Crippen molar-refractivity contribution in [2.24, 2.45) is 0 Å². The van der Waals surface area contributed by atoms with Crippen LogP contribution in [-0.2, 0) is 0 Å². The minimum Gasteiger partial charge on any atom is -0.367 e. The maximum atomic E-state index is 13.4. The molecule has 0 aliphatic carbocycles. The number of hydrogen-bond acceptors (Lipinski definition) is 4. The number of aromatic nitrogens is 2. The normalized spacial score (nSPS) is 10.1. The molecular formula is C14H15FN4O. The molecule has 1 heterocycles. The molecular weight excluding hydrogens is 259 g/mol.